The summed E-state index contributed by atoms with van der Waals surface area (Å²) in [5.74, 6) is 0.621. The van der Waals surface area contributed by atoms with E-state index in [4.69, 9.17) is 0 Å². The first kappa shape index (κ1) is 15.6. The number of anilines is 1. The lowest BCUT2D eigenvalue weighted by molar-refractivity contribution is -0.118. The second-order valence-corrected chi connectivity index (χ2v) is 8.18. The molecule has 1 unspecified atom stereocenters. The highest BCUT2D eigenvalue weighted by Gasteiger charge is 2.67. The number of hydrogen-bond acceptors (Lipinski definition) is 3. The number of hydrogen-bond donors (Lipinski definition) is 1. The Morgan fingerprint density at radius 2 is 2.20 bits per heavy atom. The van der Waals surface area contributed by atoms with E-state index in [0.29, 0.717) is 12.0 Å². The van der Waals surface area contributed by atoms with Gasteiger partial charge in [0.2, 0.25) is 5.91 Å². The fourth-order valence-electron chi connectivity index (χ4n) is 6.69. The number of benzene rings is 1. The predicted octanol–water partition coefficient (Wildman–Crippen LogP) is 2.32. The van der Waals surface area contributed by atoms with Gasteiger partial charge in [-0.1, -0.05) is 29.8 Å². The Hall–Kier alpha value is -1.65. The van der Waals surface area contributed by atoms with Gasteiger partial charge in [0, 0.05) is 43.1 Å². The van der Waals surface area contributed by atoms with E-state index in [-0.39, 0.29) is 29.9 Å². The molecule has 5 rings (SSSR count). The minimum absolute atomic E-state index is 0.00850. The Balaban J connectivity index is 1.77. The lowest BCUT2D eigenvalue weighted by Gasteiger charge is -2.56. The van der Waals surface area contributed by atoms with Crippen molar-refractivity contribution in [2.45, 2.75) is 44.2 Å². The van der Waals surface area contributed by atoms with Gasteiger partial charge < -0.3 is 10.0 Å². The van der Waals surface area contributed by atoms with Gasteiger partial charge in [-0.2, -0.15) is 0 Å². The molecule has 3 aliphatic heterocycles. The highest BCUT2D eigenvalue weighted by Crippen LogP contribution is 2.63. The van der Waals surface area contributed by atoms with Gasteiger partial charge in [-0.05, 0) is 43.9 Å². The molecule has 1 spiro atoms. The van der Waals surface area contributed by atoms with E-state index in [1.54, 1.807) is 6.92 Å². The fourth-order valence-corrected chi connectivity index (χ4v) is 6.69. The molecule has 1 aliphatic carbocycles. The van der Waals surface area contributed by atoms with Crippen LogP contribution in [-0.4, -0.2) is 47.7 Å². The first-order valence-electron chi connectivity index (χ1n) is 9.52. The van der Waals surface area contributed by atoms with Crippen LogP contribution in [0.4, 0.5) is 5.69 Å². The molecule has 1 aromatic rings. The number of carbonyl (C=O) groups excluding carboxylic acids is 1. The first-order valence-corrected chi connectivity index (χ1v) is 9.52. The van der Waals surface area contributed by atoms with Gasteiger partial charge in [0.25, 0.3) is 0 Å². The number of para-hydroxylation sites is 1. The van der Waals surface area contributed by atoms with Gasteiger partial charge in [-0.15, -0.1) is 0 Å². The zero-order valence-electron chi connectivity index (χ0n) is 15.0. The number of carbonyl (C=O) groups is 1. The molecule has 1 N–H and O–H groups in total. The molecular formula is C21H26N2O2. The maximum absolute atomic E-state index is 12.7. The summed E-state index contributed by atoms with van der Waals surface area (Å²) in [5.41, 5.74) is 3.86. The monoisotopic (exact) mass is 338 g/mol. The molecule has 3 fully saturated rings. The minimum atomic E-state index is -0.00850. The molecule has 0 aromatic heterocycles. The van der Waals surface area contributed by atoms with Crippen molar-refractivity contribution in [2.24, 2.45) is 11.8 Å². The third kappa shape index (κ3) is 1.72. The molecule has 4 heteroatoms. The second-order valence-electron chi connectivity index (χ2n) is 8.18. The van der Waals surface area contributed by atoms with Crippen LogP contribution in [0.25, 0.3) is 0 Å². The third-order valence-corrected chi connectivity index (χ3v) is 7.50. The highest BCUT2D eigenvalue weighted by atomic mass is 16.3. The summed E-state index contributed by atoms with van der Waals surface area (Å²) >= 11 is 0. The molecule has 3 heterocycles. The summed E-state index contributed by atoms with van der Waals surface area (Å²) in [6, 6.07) is 9.04. The van der Waals surface area contributed by atoms with Crippen molar-refractivity contribution in [1.82, 2.24) is 4.90 Å². The second kappa shape index (κ2) is 5.18. The summed E-state index contributed by atoms with van der Waals surface area (Å²) in [4.78, 5) is 17.3. The largest absolute Gasteiger partial charge is 0.396 e. The van der Waals surface area contributed by atoms with Crippen LogP contribution >= 0.6 is 0 Å². The molecule has 5 atom stereocenters. The number of nitrogens with zero attached hydrogens (tertiary/aromatic N) is 2. The van der Waals surface area contributed by atoms with Crippen LogP contribution in [0, 0.1) is 11.8 Å². The number of rotatable bonds is 1. The van der Waals surface area contributed by atoms with E-state index in [1.807, 2.05) is 11.0 Å². The maximum Gasteiger partial charge on any atom is 0.224 e. The standard InChI is InChI=1S/C21H26N2O2/c1-3-14-11-22-9-8-21-17-6-4-5-7-18(17)23(13(2)25)20(21)16(12-24)15(14)10-19(21)22/h3-7,15-16,19-20,24H,8-12H2,1-2H3/t15-,16+,19-,20-,21?/m0/s1. The Labute approximate surface area is 149 Å². The van der Waals surface area contributed by atoms with Crippen molar-refractivity contribution in [3.63, 3.8) is 0 Å². The summed E-state index contributed by atoms with van der Waals surface area (Å²) in [7, 11) is 0. The molecule has 1 aromatic carbocycles. The Morgan fingerprint density at radius 1 is 1.40 bits per heavy atom. The normalized spacial score (nSPS) is 40.3. The Morgan fingerprint density at radius 3 is 2.92 bits per heavy atom. The Kier molecular flexibility index (Phi) is 3.23. The summed E-state index contributed by atoms with van der Waals surface area (Å²) in [6.45, 7) is 6.06. The Bertz CT molecular complexity index is 773. The highest BCUT2D eigenvalue weighted by molar-refractivity contribution is 5.96. The van der Waals surface area contributed by atoms with Gasteiger partial charge in [-0.3, -0.25) is 9.69 Å². The number of piperidine rings is 1. The zero-order chi connectivity index (χ0) is 17.3. The van der Waals surface area contributed by atoms with Crippen molar-refractivity contribution in [1.29, 1.82) is 0 Å². The summed E-state index contributed by atoms with van der Waals surface area (Å²) in [6.07, 6.45) is 4.44. The van der Waals surface area contributed by atoms with Crippen LogP contribution < -0.4 is 4.90 Å². The van der Waals surface area contributed by atoms with E-state index >= 15 is 0 Å². The van der Waals surface area contributed by atoms with Crippen LogP contribution in [0.5, 0.6) is 0 Å². The van der Waals surface area contributed by atoms with Gasteiger partial charge >= 0.3 is 0 Å². The van der Waals surface area contributed by atoms with Crippen LogP contribution in [0.2, 0.25) is 0 Å². The lowest BCUT2D eigenvalue weighted by Crippen LogP contribution is -2.65. The maximum atomic E-state index is 12.7. The molecule has 1 saturated carbocycles. The van der Waals surface area contributed by atoms with Gasteiger partial charge in [-0.25, -0.2) is 0 Å². The number of allylic oxidation sites excluding steroid dienone is 1. The van der Waals surface area contributed by atoms with Crippen LogP contribution in [0.3, 0.4) is 0 Å². The smallest absolute Gasteiger partial charge is 0.224 e. The SMILES string of the molecule is CC=C1CN2CCC34c5ccccc5N(C(C)=O)[C@H]3[C@H](CO)[C@H]1C[C@H]24. The summed E-state index contributed by atoms with van der Waals surface area (Å²) < 4.78 is 0. The van der Waals surface area contributed by atoms with Crippen molar-refractivity contribution < 1.29 is 9.90 Å². The lowest BCUT2D eigenvalue weighted by atomic mass is 9.55. The first-order chi connectivity index (χ1) is 12.1. The van der Waals surface area contributed by atoms with E-state index in [1.165, 1.54) is 11.1 Å². The average molecular weight is 338 g/mol. The van der Waals surface area contributed by atoms with Gasteiger partial charge in [0.15, 0.2) is 0 Å². The minimum Gasteiger partial charge on any atom is -0.396 e. The van der Waals surface area contributed by atoms with E-state index in [9.17, 15) is 9.90 Å². The number of aliphatic hydroxyl groups is 1. The topological polar surface area (TPSA) is 43.8 Å². The van der Waals surface area contributed by atoms with E-state index < -0.39 is 0 Å². The van der Waals surface area contributed by atoms with Crippen molar-refractivity contribution in [3.8, 4) is 0 Å². The van der Waals surface area contributed by atoms with Gasteiger partial charge in [0.05, 0.1) is 6.04 Å². The molecule has 0 radical (unpaired) electrons. The van der Waals surface area contributed by atoms with Crippen LogP contribution in [0.15, 0.2) is 35.9 Å². The van der Waals surface area contributed by atoms with Crippen molar-refractivity contribution >= 4 is 11.6 Å². The summed E-state index contributed by atoms with van der Waals surface area (Å²) in [5, 5.41) is 10.4. The molecule has 4 aliphatic rings. The number of fused-ring (bicyclic) bond motifs is 2. The molecule has 4 nitrogen and oxygen atoms in total. The van der Waals surface area contributed by atoms with Crippen molar-refractivity contribution in [2.75, 3.05) is 24.6 Å². The fraction of sp³-hybridized carbons (Fsp3) is 0.571. The predicted molar refractivity (Wildman–Crippen MR) is 97.5 cm³/mol. The molecule has 1 amide bonds. The van der Waals surface area contributed by atoms with Crippen LogP contribution in [-0.2, 0) is 10.2 Å². The third-order valence-electron chi connectivity index (χ3n) is 7.50. The number of amides is 1. The average Bonchev–Trinajstić information content (AvgIpc) is 3.15. The zero-order valence-corrected chi connectivity index (χ0v) is 15.0. The van der Waals surface area contributed by atoms with Crippen molar-refractivity contribution in [3.05, 3.63) is 41.5 Å². The molecule has 2 saturated heterocycles. The molecule has 2 bridgehead atoms. The molecular weight excluding hydrogens is 312 g/mol. The number of aliphatic hydroxyl groups excluding tert-OH is 1. The molecule has 132 valence electrons. The van der Waals surface area contributed by atoms with E-state index in [2.05, 4.69) is 36.1 Å². The quantitative estimate of drug-likeness (QED) is 0.799. The van der Waals surface area contributed by atoms with E-state index in [0.717, 1.165) is 31.6 Å². The van der Waals surface area contributed by atoms with Gasteiger partial charge in [0.1, 0.15) is 0 Å². The van der Waals surface area contributed by atoms with Crippen LogP contribution in [0.1, 0.15) is 32.3 Å². The molecule has 25 heavy (non-hydrogen) atoms.